The molecule has 3 rings (SSSR count). The van der Waals surface area contributed by atoms with Crippen molar-refractivity contribution in [3.05, 3.63) is 29.3 Å². The summed E-state index contributed by atoms with van der Waals surface area (Å²) in [5.74, 6) is 0.992. The molecule has 0 bridgehead atoms. The summed E-state index contributed by atoms with van der Waals surface area (Å²) in [5.41, 5.74) is 1.06. The highest BCUT2D eigenvalue weighted by molar-refractivity contribution is 6.33. The smallest absolute Gasteiger partial charge is 0.0637 e. The molecule has 2 nitrogen and oxygen atoms in total. The highest BCUT2D eigenvalue weighted by Crippen LogP contribution is 2.34. The SMILES string of the molecule is Clc1ccccc1NCCN(CC1CC1)C1CC1. The number of nitrogens with one attached hydrogen (secondary N) is 1. The molecule has 2 aliphatic carbocycles. The van der Waals surface area contributed by atoms with Crippen LogP contribution in [0.25, 0.3) is 0 Å². The molecule has 0 radical (unpaired) electrons. The zero-order valence-corrected chi connectivity index (χ0v) is 11.5. The number of rotatable bonds is 7. The molecular weight excluding hydrogens is 244 g/mol. The molecule has 18 heavy (non-hydrogen) atoms. The van der Waals surface area contributed by atoms with Crippen LogP contribution in [0.3, 0.4) is 0 Å². The third-order valence-electron chi connectivity index (χ3n) is 3.84. The van der Waals surface area contributed by atoms with Crippen LogP contribution in [-0.2, 0) is 0 Å². The fraction of sp³-hybridized carbons (Fsp3) is 0.600. The first-order valence-electron chi connectivity index (χ1n) is 7.05. The zero-order chi connectivity index (χ0) is 12.4. The summed E-state index contributed by atoms with van der Waals surface area (Å²) in [6, 6.07) is 8.85. The quantitative estimate of drug-likeness (QED) is 0.809. The Bertz CT molecular complexity index is 399. The van der Waals surface area contributed by atoms with Gasteiger partial charge in [0.2, 0.25) is 0 Å². The van der Waals surface area contributed by atoms with E-state index in [4.69, 9.17) is 11.6 Å². The minimum absolute atomic E-state index is 0.817. The van der Waals surface area contributed by atoms with Gasteiger partial charge in [0, 0.05) is 25.7 Å². The predicted octanol–water partition coefficient (Wildman–Crippen LogP) is 3.63. The third-order valence-corrected chi connectivity index (χ3v) is 4.17. The van der Waals surface area contributed by atoms with Crippen molar-refractivity contribution in [3.8, 4) is 0 Å². The van der Waals surface area contributed by atoms with E-state index >= 15 is 0 Å². The van der Waals surface area contributed by atoms with Crippen LogP contribution in [0.4, 0.5) is 5.69 Å². The van der Waals surface area contributed by atoms with Gasteiger partial charge in [-0.1, -0.05) is 23.7 Å². The molecule has 0 atom stereocenters. The van der Waals surface area contributed by atoms with Crippen molar-refractivity contribution in [2.24, 2.45) is 5.92 Å². The van der Waals surface area contributed by atoms with Crippen LogP contribution >= 0.6 is 11.6 Å². The van der Waals surface area contributed by atoms with Gasteiger partial charge in [-0.2, -0.15) is 0 Å². The fourth-order valence-electron chi connectivity index (χ4n) is 2.43. The summed E-state index contributed by atoms with van der Waals surface area (Å²) in [7, 11) is 0. The number of halogens is 1. The Morgan fingerprint density at radius 1 is 1.17 bits per heavy atom. The minimum Gasteiger partial charge on any atom is -0.383 e. The van der Waals surface area contributed by atoms with Gasteiger partial charge in [0.25, 0.3) is 0 Å². The molecule has 1 aromatic carbocycles. The Balaban J connectivity index is 1.46. The van der Waals surface area contributed by atoms with Crippen molar-refractivity contribution in [2.75, 3.05) is 25.0 Å². The molecule has 2 saturated carbocycles. The molecule has 2 fully saturated rings. The maximum atomic E-state index is 6.13. The van der Waals surface area contributed by atoms with Gasteiger partial charge in [-0.05, 0) is 43.7 Å². The van der Waals surface area contributed by atoms with Crippen molar-refractivity contribution in [1.82, 2.24) is 4.90 Å². The highest BCUT2D eigenvalue weighted by Gasteiger charge is 2.33. The largest absolute Gasteiger partial charge is 0.383 e. The van der Waals surface area contributed by atoms with E-state index in [1.165, 1.54) is 32.2 Å². The van der Waals surface area contributed by atoms with Crippen molar-refractivity contribution in [1.29, 1.82) is 0 Å². The van der Waals surface area contributed by atoms with Crippen molar-refractivity contribution in [3.63, 3.8) is 0 Å². The average Bonchev–Trinajstić information content (AvgIpc) is 3.24. The molecule has 0 aliphatic heterocycles. The van der Waals surface area contributed by atoms with E-state index in [0.29, 0.717) is 0 Å². The fourth-order valence-corrected chi connectivity index (χ4v) is 2.64. The number of hydrogen-bond donors (Lipinski definition) is 1. The lowest BCUT2D eigenvalue weighted by atomic mass is 10.3. The molecule has 1 aromatic rings. The summed E-state index contributed by atoms with van der Waals surface area (Å²) in [4.78, 5) is 2.67. The van der Waals surface area contributed by atoms with Crippen LogP contribution in [0.2, 0.25) is 5.02 Å². The summed E-state index contributed by atoms with van der Waals surface area (Å²) in [6.45, 7) is 3.45. The average molecular weight is 265 g/mol. The normalized spacial score (nSPS) is 19.2. The van der Waals surface area contributed by atoms with Crippen LogP contribution in [0, 0.1) is 5.92 Å². The van der Waals surface area contributed by atoms with Crippen LogP contribution in [-0.4, -0.2) is 30.6 Å². The first-order valence-corrected chi connectivity index (χ1v) is 7.43. The second-order valence-electron chi connectivity index (χ2n) is 5.58. The van der Waals surface area contributed by atoms with E-state index < -0.39 is 0 Å². The van der Waals surface area contributed by atoms with Crippen LogP contribution < -0.4 is 5.32 Å². The molecule has 0 unspecified atom stereocenters. The van der Waals surface area contributed by atoms with Gasteiger partial charge in [0.05, 0.1) is 10.7 Å². The monoisotopic (exact) mass is 264 g/mol. The van der Waals surface area contributed by atoms with Crippen LogP contribution in [0.5, 0.6) is 0 Å². The van der Waals surface area contributed by atoms with Gasteiger partial charge in [0.1, 0.15) is 0 Å². The van der Waals surface area contributed by atoms with E-state index in [0.717, 1.165) is 35.8 Å². The molecule has 0 saturated heterocycles. The molecular formula is C15H21ClN2. The molecule has 2 aliphatic rings. The van der Waals surface area contributed by atoms with Gasteiger partial charge in [-0.25, -0.2) is 0 Å². The second-order valence-corrected chi connectivity index (χ2v) is 5.98. The van der Waals surface area contributed by atoms with E-state index in [-0.39, 0.29) is 0 Å². The minimum atomic E-state index is 0.817. The molecule has 98 valence electrons. The summed E-state index contributed by atoms with van der Waals surface area (Å²) >= 11 is 6.13. The summed E-state index contributed by atoms with van der Waals surface area (Å²) in [6.07, 6.45) is 5.69. The maximum Gasteiger partial charge on any atom is 0.0637 e. The predicted molar refractivity (Wildman–Crippen MR) is 77.3 cm³/mol. The number of hydrogen-bond acceptors (Lipinski definition) is 2. The Hall–Kier alpha value is -0.730. The van der Waals surface area contributed by atoms with Crippen molar-refractivity contribution < 1.29 is 0 Å². The van der Waals surface area contributed by atoms with E-state index in [2.05, 4.69) is 10.2 Å². The van der Waals surface area contributed by atoms with E-state index in [1.807, 2.05) is 24.3 Å². The molecule has 0 aromatic heterocycles. The van der Waals surface area contributed by atoms with Gasteiger partial charge in [0.15, 0.2) is 0 Å². The molecule has 1 N–H and O–H groups in total. The standard InChI is InChI=1S/C15H21ClN2/c16-14-3-1-2-4-15(14)17-9-10-18(13-7-8-13)11-12-5-6-12/h1-4,12-13,17H,5-11H2. The Morgan fingerprint density at radius 2 is 1.94 bits per heavy atom. The summed E-state index contributed by atoms with van der Waals surface area (Å²) < 4.78 is 0. The number of para-hydroxylation sites is 1. The number of benzene rings is 1. The third kappa shape index (κ3) is 3.39. The van der Waals surface area contributed by atoms with Crippen molar-refractivity contribution >= 4 is 17.3 Å². The van der Waals surface area contributed by atoms with Crippen molar-refractivity contribution in [2.45, 2.75) is 31.7 Å². The molecule has 0 heterocycles. The lowest BCUT2D eigenvalue weighted by Gasteiger charge is -2.22. The number of anilines is 1. The molecule has 0 amide bonds. The van der Waals surface area contributed by atoms with E-state index in [1.54, 1.807) is 0 Å². The van der Waals surface area contributed by atoms with Crippen LogP contribution in [0.15, 0.2) is 24.3 Å². The summed E-state index contributed by atoms with van der Waals surface area (Å²) in [5, 5.41) is 4.26. The van der Waals surface area contributed by atoms with Gasteiger partial charge in [-0.15, -0.1) is 0 Å². The Labute approximate surface area is 114 Å². The lowest BCUT2D eigenvalue weighted by molar-refractivity contribution is 0.262. The van der Waals surface area contributed by atoms with Gasteiger partial charge in [-0.3, -0.25) is 4.90 Å². The second kappa shape index (κ2) is 5.50. The maximum absolute atomic E-state index is 6.13. The topological polar surface area (TPSA) is 15.3 Å². The first-order chi connectivity index (χ1) is 8.83. The van der Waals surface area contributed by atoms with Gasteiger partial charge < -0.3 is 5.32 Å². The van der Waals surface area contributed by atoms with Crippen LogP contribution in [0.1, 0.15) is 25.7 Å². The lowest BCUT2D eigenvalue weighted by Crippen LogP contribution is -2.33. The van der Waals surface area contributed by atoms with E-state index in [9.17, 15) is 0 Å². The molecule has 3 heteroatoms. The Kier molecular flexibility index (Phi) is 3.76. The molecule has 0 spiro atoms. The number of nitrogens with zero attached hydrogens (tertiary/aromatic N) is 1. The first kappa shape index (κ1) is 12.3. The highest BCUT2D eigenvalue weighted by atomic mass is 35.5. The zero-order valence-electron chi connectivity index (χ0n) is 10.7. The van der Waals surface area contributed by atoms with Gasteiger partial charge >= 0.3 is 0 Å². The Morgan fingerprint density at radius 3 is 2.61 bits per heavy atom.